The molecule has 2 aromatic carbocycles. The van der Waals surface area contributed by atoms with Crippen molar-refractivity contribution in [3.05, 3.63) is 65.2 Å². The van der Waals surface area contributed by atoms with Gasteiger partial charge in [-0.15, -0.1) is 0 Å². The molecule has 0 spiro atoms. The summed E-state index contributed by atoms with van der Waals surface area (Å²) in [6, 6.07) is 17.6. The van der Waals surface area contributed by atoms with Crippen LogP contribution in [0.3, 0.4) is 0 Å². The number of benzene rings is 2. The van der Waals surface area contributed by atoms with Crippen molar-refractivity contribution < 1.29 is 9.57 Å². The highest BCUT2D eigenvalue weighted by atomic mass is 16.6. The van der Waals surface area contributed by atoms with E-state index in [0.717, 1.165) is 16.9 Å². The molecular weight excluding hydrogens is 288 g/mol. The van der Waals surface area contributed by atoms with Crippen LogP contribution in [0.1, 0.15) is 36.5 Å². The summed E-state index contributed by atoms with van der Waals surface area (Å²) in [5.41, 5.74) is 3.12. The van der Waals surface area contributed by atoms with Crippen molar-refractivity contribution in [1.29, 1.82) is 5.26 Å². The second-order valence-electron chi connectivity index (χ2n) is 5.40. The highest BCUT2D eigenvalue weighted by Gasteiger charge is 2.10. The first-order valence-electron chi connectivity index (χ1n) is 7.48. The highest BCUT2D eigenvalue weighted by molar-refractivity contribution is 6.12. The van der Waals surface area contributed by atoms with Gasteiger partial charge in [0.05, 0.1) is 0 Å². The second-order valence-corrected chi connectivity index (χ2v) is 5.40. The van der Waals surface area contributed by atoms with Crippen LogP contribution in [0, 0.1) is 11.3 Å². The molecule has 0 saturated heterocycles. The number of rotatable bonds is 6. The maximum absolute atomic E-state index is 9.20. The van der Waals surface area contributed by atoms with Crippen molar-refractivity contribution >= 4 is 5.71 Å². The summed E-state index contributed by atoms with van der Waals surface area (Å²) in [4.78, 5) is 4.73. The molecule has 2 aromatic rings. The minimum absolute atomic E-state index is 0.238. The van der Waals surface area contributed by atoms with Crippen LogP contribution in [0.5, 0.6) is 5.75 Å². The van der Waals surface area contributed by atoms with Crippen LogP contribution in [-0.4, -0.2) is 12.8 Å². The first-order valence-corrected chi connectivity index (χ1v) is 7.48. The Bertz CT molecular complexity index is 713. The van der Waals surface area contributed by atoms with E-state index in [2.05, 4.69) is 31.1 Å². The molecule has 0 radical (unpaired) electrons. The fraction of sp³-hybridized carbons (Fsp3) is 0.263. The summed E-state index contributed by atoms with van der Waals surface area (Å²) in [6.45, 7) is 4.68. The minimum atomic E-state index is 0.238. The van der Waals surface area contributed by atoms with Crippen LogP contribution in [0.15, 0.2) is 53.7 Å². The molecule has 0 fully saturated rings. The zero-order chi connectivity index (χ0) is 16.7. The first kappa shape index (κ1) is 16.6. The van der Waals surface area contributed by atoms with Gasteiger partial charge in [0.15, 0.2) is 5.71 Å². The van der Waals surface area contributed by atoms with Gasteiger partial charge < -0.3 is 9.57 Å². The lowest BCUT2D eigenvalue weighted by atomic mass is 10.0. The Hall–Kier alpha value is -2.80. The molecule has 4 nitrogen and oxygen atoms in total. The van der Waals surface area contributed by atoms with Gasteiger partial charge in [0.2, 0.25) is 0 Å². The Morgan fingerprint density at radius 3 is 2.43 bits per heavy atom. The zero-order valence-corrected chi connectivity index (χ0v) is 13.6. The molecule has 0 unspecified atom stereocenters. The molecule has 0 saturated carbocycles. The number of oxime groups is 1. The third-order valence-corrected chi connectivity index (χ3v) is 3.50. The van der Waals surface area contributed by atoms with Gasteiger partial charge >= 0.3 is 0 Å². The molecule has 0 N–H and O–H groups in total. The lowest BCUT2D eigenvalue weighted by molar-refractivity contribution is 0.214. The fourth-order valence-corrected chi connectivity index (χ4v) is 2.21. The molecule has 0 bridgehead atoms. The normalized spacial score (nSPS) is 11.2. The largest absolute Gasteiger partial charge is 0.489 e. The summed E-state index contributed by atoms with van der Waals surface area (Å²) in [5, 5.41) is 13.0. The Kier molecular flexibility index (Phi) is 5.76. The predicted octanol–water partition coefficient (Wildman–Crippen LogP) is 4.26. The average molecular weight is 308 g/mol. The van der Waals surface area contributed by atoms with Crippen molar-refractivity contribution in [3.63, 3.8) is 0 Å². The van der Waals surface area contributed by atoms with E-state index in [0.29, 0.717) is 12.5 Å². The Labute approximate surface area is 137 Å². The number of ether oxygens (including phenoxy) is 1. The lowest BCUT2D eigenvalue weighted by Crippen LogP contribution is -2.06. The minimum Gasteiger partial charge on any atom is -0.489 e. The Morgan fingerprint density at radius 1 is 1.13 bits per heavy atom. The summed E-state index contributed by atoms with van der Waals surface area (Å²) in [6.07, 6.45) is 0. The second kappa shape index (κ2) is 8.00. The molecule has 0 aliphatic carbocycles. The van der Waals surface area contributed by atoms with Crippen LogP contribution in [0.4, 0.5) is 0 Å². The lowest BCUT2D eigenvalue weighted by Gasteiger charge is -2.11. The summed E-state index contributed by atoms with van der Waals surface area (Å²) >= 11 is 0. The summed E-state index contributed by atoms with van der Waals surface area (Å²) in [5.74, 6) is 1.29. The third kappa shape index (κ3) is 4.33. The van der Waals surface area contributed by atoms with E-state index < -0.39 is 0 Å². The van der Waals surface area contributed by atoms with E-state index in [1.165, 1.54) is 12.7 Å². The Balaban J connectivity index is 2.15. The molecule has 0 atom stereocenters. The standard InChI is InChI=1S/C19H20N2O2/c1-14(2)15-8-10-17(11-9-15)23-13-16-6-4-5-7-18(16)19(12-20)21-22-3/h4-11,14H,13H2,1-3H3. The van der Waals surface area contributed by atoms with Gasteiger partial charge in [-0.1, -0.05) is 55.4 Å². The molecule has 0 aliphatic heterocycles. The van der Waals surface area contributed by atoms with Crippen molar-refractivity contribution in [3.8, 4) is 11.8 Å². The molecule has 4 heteroatoms. The third-order valence-electron chi connectivity index (χ3n) is 3.50. The fourth-order valence-electron chi connectivity index (χ4n) is 2.21. The highest BCUT2D eigenvalue weighted by Crippen LogP contribution is 2.20. The SMILES string of the molecule is CON=C(C#N)c1ccccc1COc1ccc(C(C)C)cc1. The Morgan fingerprint density at radius 2 is 1.83 bits per heavy atom. The van der Waals surface area contributed by atoms with E-state index >= 15 is 0 Å². The summed E-state index contributed by atoms with van der Waals surface area (Å²) in [7, 11) is 1.42. The number of nitriles is 1. The van der Waals surface area contributed by atoms with Crippen LogP contribution in [-0.2, 0) is 11.4 Å². The average Bonchev–Trinajstić information content (AvgIpc) is 2.58. The maximum Gasteiger partial charge on any atom is 0.187 e. The van der Waals surface area contributed by atoms with Crippen LogP contribution in [0.2, 0.25) is 0 Å². The van der Waals surface area contributed by atoms with E-state index in [9.17, 15) is 5.26 Å². The van der Waals surface area contributed by atoms with Gasteiger partial charge in [0, 0.05) is 5.56 Å². The molecule has 0 heterocycles. The molecular formula is C19H20N2O2. The maximum atomic E-state index is 9.20. The van der Waals surface area contributed by atoms with Crippen LogP contribution >= 0.6 is 0 Å². The molecule has 23 heavy (non-hydrogen) atoms. The molecule has 2 rings (SSSR count). The van der Waals surface area contributed by atoms with Crippen molar-refractivity contribution in [2.75, 3.05) is 7.11 Å². The van der Waals surface area contributed by atoms with E-state index in [-0.39, 0.29) is 5.71 Å². The van der Waals surface area contributed by atoms with Gasteiger partial charge in [-0.25, -0.2) is 0 Å². The topological polar surface area (TPSA) is 54.6 Å². The summed E-state index contributed by atoms with van der Waals surface area (Å²) < 4.78 is 5.84. The molecule has 0 aliphatic rings. The van der Waals surface area contributed by atoms with Crippen LogP contribution < -0.4 is 4.74 Å². The molecule has 0 amide bonds. The zero-order valence-electron chi connectivity index (χ0n) is 13.6. The first-order chi connectivity index (χ1) is 11.2. The van der Waals surface area contributed by atoms with Gasteiger partial charge in [-0.3, -0.25) is 0 Å². The van der Waals surface area contributed by atoms with E-state index in [1.54, 1.807) is 0 Å². The number of hydrogen-bond donors (Lipinski definition) is 0. The quantitative estimate of drug-likeness (QED) is 0.591. The van der Waals surface area contributed by atoms with Gasteiger partial charge in [0.25, 0.3) is 0 Å². The monoisotopic (exact) mass is 308 g/mol. The number of nitrogens with zero attached hydrogens (tertiary/aromatic N) is 2. The smallest absolute Gasteiger partial charge is 0.187 e. The van der Waals surface area contributed by atoms with Gasteiger partial charge in [0.1, 0.15) is 25.5 Å². The van der Waals surface area contributed by atoms with Crippen molar-refractivity contribution in [2.45, 2.75) is 26.4 Å². The van der Waals surface area contributed by atoms with Crippen molar-refractivity contribution in [1.82, 2.24) is 0 Å². The van der Waals surface area contributed by atoms with Gasteiger partial charge in [-0.05, 0) is 29.2 Å². The van der Waals surface area contributed by atoms with E-state index in [1.807, 2.05) is 42.5 Å². The molecule has 0 aromatic heterocycles. The number of hydrogen-bond acceptors (Lipinski definition) is 4. The van der Waals surface area contributed by atoms with E-state index in [4.69, 9.17) is 9.57 Å². The van der Waals surface area contributed by atoms with Crippen LogP contribution in [0.25, 0.3) is 0 Å². The van der Waals surface area contributed by atoms with Crippen molar-refractivity contribution in [2.24, 2.45) is 5.16 Å². The predicted molar refractivity (Wildman–Crippen MR) is 90.5 cm³/mol. The molecule has 118 valence electrons. The van der Waals surface area contributed by atoms with Gasteiger partial charge in [-0.2, -0.15) is 5.26 Å².